The van der Waals surface area contributed by atoms with Crippen molar-refractivity contribution < 1.29 is 0 Å². The first-order valence-corrected chi connectivity index (χ1v) is 10.5. The monoisotopic (exact) mass is 365 g/mol. The molecule has 142 valence electrons. The van der Waals surface area contributed by atoms with E-state index in [0.29, 0.717) is 12.0 Å². The van der Waals surface area contributed by atoms with Gasteiger partial charge in [0, 0.05) is 56.1 Å². The van der Waals surface area contributed by atoms with Crippen molar-refractivity contribution in [3.8, 4) is 0 Å². The lowest BCUT2D eigenvalue weighted by Crippen LogP contribution is -2.50. The minimum absolute atomic E-state index is 0.490. The van der Waals surface area contributed by atoms with Gasteiger partial charge in [0.1, 0.15) is 0 Å². The molecule has 6 heteroatoms. The third-order valence-electron chi connectivity index (χ3n) is 4.94. The van der Waals surface area contributed by atoms with E-state index in [1.165, 1.54) is 18.0 Å². The molecule has 0 amide bonds. The number of hydrogen-bond acceptors (Lipinski definition) is 4. The molecule has 1 aliphatic rings. The van der Waals surface area contributed by atoms with Gasteiger partial charge in [-0.1, -0.05) is 19.9 Å². The minimum Gasteiger partial charge on any atom is -0.357 e. The molecule has 1 fully saturated rings. The van der Waals surface area contributed by atoms with Crippen LogP contribution < -0.4 is 10.6 Å². The number of likely N-dealkylation sites (N-methyl/N-ethyl adjacent to an activating group) is 1. The second-order valence-corrected chi connectivity index (χ2v) is 7.82. The molecule has 0 bridgehead atoms. The summed E-state index contributed by atoms with van der Waals surface area (Å²) in [4.78, 5) is 11.3. The van der Waals surface area contributed by atoms with Crippen LogP contribution in [0.1, 0.15) is 38.5 Å². The van der Waals surface area contributed by atoms with Crippen molar-refractivity contribution in [2.45, 2.75) is 39.7 Å². The molecule has 2 unspecified atom stereocenters. The first kappa shape index (κ1) is 20.2. The van der Waals surface area contributed by atoms with Gasteiger partial charge in [0.15, 0.2) is 5.96 Å². The maximum atomic E-state index is 4.82. The zero-order valence-electron chi connectivity index (χ0n) is 16.3. The first-order valence-electron chi connectivity index (χ1n) is 9.66. The second-order valence-electron chi connectivity index (χ2n) is 6.84. The molecule has 2 heterocycles. The molecule has 2 atom stereocenters. The fourth-order valence-electron chi connectivity index (χ4n) is 3.12. The maximum Gasteiger partial charge on any atom is 0.191 e. The Kier molecular flexibility index (Phi) is 8.72. The topological polar surface area (TPSA) is 42.9 Å². The van der Waals surface area contributed by atoms with Crippen molar-refractivity contribution in [1.82, 2.24) is 20.4 Å². The molecule has 1 saturated heterocycles. The van der Waals surface area contributed by atoms with E-state index in [4.69, 9.17) is 4.99 Å². The molecule has 0 radical (unpaired) electrons. The molecule has 0 saturated carbocycles. The lowest BCUT2D eigenvalue weighted by atomic mass is 10.1. The fourth-order valence-corrected chi connectivity index (χ4v) is 3.91. The SMILES string of the molecule is CCNC(=NCC(C)N1CCN(CC)CC1)NCC(C)c1cccs1. The largest absolute Gasteiger partial charge is 0.357 e. The molecule has 1 aromatic heterocycles. The summed E-state index contributed by atoms with van der Waals surface area (Å²) in [6, 6.07) is 4.82. The number of piperazine rings is 1. The zero-order valence-corrected chi connectivity index (χ0v) is 17.1. The predicted molar refractivity (Wildman–Crippen MR) is 110 cm³/mol. The van der Waals surface area contributed by atoms with Crippen LogP contribution in [-0.2, 0) is 0 Å². The summed E-state index contributed by atoms with van der Waals surface area (Å²) < 4.78 is 0. The molecule has 2 N–H and O–H groups in total. The van der Waals surface area contributed by atoms with E-state index >= 15 is 0 Å². The van der Waals surface area contributed by atoms with Gasteiger partial charge in [-0.05, 0) is 31.8 Å². The molecule has 0 spiro atoms. The Bertz CT molecular complexity index is 494. The highest BCUT2D eigenvalue weighted by Crippen LogP contribution is 2.19. The first-order chi connectivity index (χ1) is 12.1. The van der Waals surface area contributed by atoms with Gasteiger partial charge in [0.2, 0.25) is 0 Å². The molecule has 0 aliphatic carbocycles. The van der Waals surface area contributed by atoms with Crippen molar-refractivity contribution >= 4 is 17.3 Å². The van der Waals surface area contributed by atoms with Crippen molar-refractivity contribution in [2.24, 2.45) is 4.99 Å². The van der Waals surface area contributed by atoms with Crippen LogP contribution in [0.2, 0.25) is 0 Å². The zero-order chi connectivity index (χ0) is 18.1. The van der Waals surface area contributed by atoms with Crippen LogP contribution in [0.4, 0.5) is 0 Å². The third-order valence-corrected chi connectivity index (χ3v) is 6.04. The van der Waals surface area contributed by atoms with Gasteiger partial charge >= 0.3 is 0 Å². The van der Waals surface area contributed by atoms with Gasteiger partial charge in [-0.3, -0.25) is 9.89 Å². The van der Waals surface area contributed by atoms with E-state index in [1.807, 2.05) is 11.3 Å². The Morgan fingerprint density at radius 3 is 2.56 bits per heavy atom. The molecule has 5 nitrogen and oxygen atoms in total. The van der Waals surface area contributed by atoms with Gasteiger partial charge in [-0.15, -0.1) is 11.3 Å². The van der Waals surface area contributed by atoms with Crippen molar-refractivity contribution in [3.63, 3.8) is 0 Å². The van der Waals surface area contributed by atoms with Gasteiger partial charge in [-0.25, -0.2) is 0 Å². The lowest BCUT2D eigenvalue weighted by Gasteiger charge is -2.37. The summed E-state index contributed by atoms with van der Waals surface area (Å²) in [7, 11) is 0. The Morgan fingerprint density at radius 2 is 1.96 bits per heavy atom. The smallest absolute Gasteiger partial charge is 0.191 e. The van der Waals surface area contributed by atoms with Crippen LogP contribution in [0.5, 0.6) is 0 Å². The van der Waals surface area contributed by atoms with E-state index in [2.05, 4.69) is 65.6 Å². The van der Waals surface area contributed by atoms with Crippen LogP contribution in [0.3, 0.4) is 0 Å². The van der Waals surface area contributed by atoms with E-state index in [0.717, 1.165) is 45.2 Å². The Balaban J connectivity index is 1.80. The number of aliphatic imine (C=N–C) groups is 1. The Morgan fingerprint density at radius 1 is 1.20 bits per heavy atom. The number of nitrogens with one attached hydrogen (secondary N) is 2. The molecule has 1 aliphatic heterocycles. The van der Waals surface area contributed by atoms with Crippen molar-refractivity contribution in [2.75, 3.05) is 52.4 Å². The minimum atomic E-state index is 0.490. The number of guanidine groups is 1. The number of rotatable bonds is 8. The van der Waals surface area contributed by atoms with Crippen LogP contribution in [-0.4, -0.2) is 74.2 Å². The summed E-state index contributed by atoms with van der Waals surface area (Å²) in [5, 5.41) is 9.02. The molecular formula is C19H35N5S. The van der Waals surface area contributed by atoms with Crippen LogP contribution in [0.25, 0.3) is 0 Å². The summed E-state index contributed by atoms with van der Waals surface area (Å²) in [6.45, 7) is 17.4. The summed E-state index contributed by atoms with van der Waals surface area (Å²) in [6.07, 6.45) is 0. The molecular weight excluding hydrogens is 330 g/mol. The highest BCUT2D eigenvalue weighted by Gasteiger charge is 2.20. The van der Waals surface area contributed by atoms with E-state index in [1.54, 1.807) is 0 Å². The van der Waals surface area contributed by atoms with Gasteiger partial charge < -0.3 is 15.5 Å². The number of hydrogen-bond donors (Lipinski definition) is 2. The number of thiophene rings is 1. The Labute approximate surface area is 157 Å². The fraction of sp³-hybridized carbons (Fsp3) is 0.737. The highest BCUT2D eigenvalue weighted by molar-refractivity contribution is 7.10. The summed E-state index contributed by atoms with van der Waals surface area (Å²) in [5.41, 5.74) is 0. The van der Waals surface area contributed by atoms with E-state index in [9.17, 15) is 0 Å². The van der Waals surface area contributed by atoms with Gasteiger partial charge in [-0.2, -0.15) is 0 Å². The average Bonchev–Trinajstić information content (AvgIpc) is 3.18. The summed E-state index contributed by atoms with van der Waals surface area (Å²) >= 11 is 1.82. The van der Waals surface area contributed by atoms with E-state index in [-0.39, 0.29) is 0 Å². The normalized spacial score (nSPS) is 19.6. The standard InChI is InChI=1S/C19H35N5S/c1-5-20-19(21-14-16(3)18-8-7-13-25-18)22-15-17(4)24-11-9-23(6-2)10-12-24/h7-8,13,16-17H,5-6,9-12,14-15H2,1-4H3,(H2,20,21,22). The maximum absolute atomic E-state index is 4.82. The van der Waals surface area contributed by atoms with Crippen molar-refractivity contribution in [3.05, 3.63) is 22.4 Å². The van der Waals surface area contributed by atoms with Crippen molar-refractivity contribution in [1.29, 1.82) is 0 Å². The molecule has 1 aromatic rings. The van der Waals surface area contributed by atoms with E-state index < -0.39 is 0 Å². The molecule has 0 aromatic carbocycles. The van der Waals surface area contributed by atoms with Gasteiger partial charge in [0.25, 0.3) is 0 Å². The number of nitrogens with zero attached hydrogens (tertiary/aromatic N) is 3. The Hall–Kier alpha value is -1.11. The predicted octanol–water partition coefficient (Wildman–Crippen LogP) is 2.43. The lowest BCUT2D eigenvalue weighted by molar-refractivity contribution is 0.109. The van der Waals surface area contributed by atoms with Crippen LogP contribution in [0, 0.1) is 0 Å². The van der Waals surface area contributed by atoms with Crippen LogP contribution in [0.15, 0.2) is 22.5 Å². The summed E-state index contributed by atoms with van der Waals surface area (Å²) in [5.74, 6) is 1.44. The molecule has 2 rings (SSSR count). The quantitative estimate of drug-likeness (QED) is 0.548. The highest BCUT2D eigenvalue weighted by atomic mass is 32.1. The van der Waals surface area contributed by atoms with Crippen LogP contribution >= 0.6 is 11.3 Å². The molecule has 25 heavy (non-hydrogen) atoms. The second kappa shape index (κ2) is 10.8. The van der Waals surface area contributed by atoms with Gasteiger partial charge in [0.05, 0.1) is 6.54 Å². The third kappa shape index (κ3) is 6.60. The average molecular weight is 366 g/mol.